The van der Waals surface area contributed by atoms with E-state index in [-0.39, 0.29) is 0 Å². The molecule has 1 N–H and O–H groups in total. The number of nitrogens with zero attached hydrogens (tertiary/aromatic N) is 4. The summed E-state index contributed by atoms with van der Waals surface area (Å²) < 4.78 is 0. The maximum Gasteiger partial charge on any atom is 0.230 e. The molecule has 102 valence electrons. The predicted molar refractivity (Wildman–Crippen MR) is 80.9 cm³/mol. The summed E-state index contributed by atoms with van der Waals surface area (Å²) in [7, 11) is 0. The second-order valence-corrected chi connectivity index (χ2v) is 4.78. The first-order valence-electron chi connectivity index (χ1n) is 6.55. The van der Waals surface area contributed by atoms with Gasteiger partial charge in [-0.3, -0.25) is 0 Å². The van der Waals surface area contributed by atoms with Crippen LogP contribution in [0.2, 0.25) is 0 Å². The molecule has 0 aromatic carbocycles. The van der Waals surface area contributed by atoms with Crippen LogP contribution in [0.25, 0.3) is 11.4 Å². The molecule has 0 amide bonds. The topological polar surface area (TPSA) is 53.9 Å². The van der Waals surface area contributed by atoms with Gasteiger partial charge < -0.3 is 10.2 Å². The monoisotopic (exact) mass is 277 g/mol. The Morgan fingerprint density at radius 1 is 1.16 bits per heavy atom. The first-order chi connectivity index (χ1) is 9.28. The Morgan fingerprint density at radius 2 is 1.95 bits per heavy atom. The highest BCUT2D eigenvalue weighted by atomic mass is 32.1. The van der Waals surface area contributed by atoms with Crippen LogP contribution >= 0.6 is 11.3 Å². The first kappa shape index (κ1) is 13.7. The summed E-state index contributed by atoms with van der Waals surface area (Å²) in [6, 6.07) is 2.03. The number of thiophene rings is 1. The highest BCUT2D eigenvalue weighted by Crippen LogP contribution is 2.21. The molecule has 2 aromatic rings. The molecular weight excluding hydrogens is 258 g/mol. The van der Waals surface area contributed by atoms with Gasteiger partial charge in [0.25, 0.3) is 0 Å². The van der Waals surface area contributed by atoms with Crippen molar-refractivity contribution in [2.45, 2.75) is 20.8 Å². The van der Waals surface area contributed by atoms with Crippen molar-refractivity contribution < 1.29 is 0 Å². The molecule has 2 aromatic heterocycles. The summed E-state index contributed by atoms with van der Waals surface area (Å²) >= 11 is 1.64. The lowest BCUT2D eigenvalue weighted by Gasteiger charge is -2.19. The molecule has 0 aliphatic carbocycles. The number of nitrogens with one attached hydrogen (secondary N) is 1. The number of anilines is 2. The summed E-state index contributed by atoms with van der Waals surface area (Å²) in [4.78, 5) is 15.6. The fourth-order valence-electron chi connectivity index (χ4n) is 1.77. The molecule has 0 saturated heterocycles. The van der Waals surface area contributed by atoms with E-state index >= 15 is 0 Å². The van der Waals surface area contributed by atoms with Gasteiger partial charge in [0.05, 0.1) is 0 Å². The molecule has 0 bridgehead atoms. The molecule has 2 rings (SSSR count). The third-order valence-corrected chi connectivity index (χ3v) is 3.47. The lowest BCUT2D eigenvalue weighted by Crippen LogP contribution is -2.25. The molecule has 0 radical (unpaired) electrons. The van der Waals surface area contributed by atoms with E-state index in [1.165, 1.54) is 0 Å². The Kier molecular flexibility index (Phi) is 4.68. The first-order valence-corrected chi connectivity index (χ1v) is 7.50. The Morgan fingerprint density at radius 3 is 2.53 bits per heavy atom. The van der Waals surface area contributed by atoms with E-state index in [1.54, 1.807) is 11.3 Å². The second-order valence-electron chi connectivity index (χ2n) is 4.00. The van der Waals surface area contributed by atoms with Crippen LogP contribution in [0.1, 0.15) is 20.8 Å². The maximum atomic E-state index is 4.57. The Balaban J connectivity index is 2.43. The van der Waals surface area contributed by atoms with Crippen molar-refractivity contribution in [2.24, 2.45) is 0 Å². The molecular formula is C13H19N5S. The zero-order chi connectivity index (χ0) is 13.7. The van der Waals surface area contributed by atoms with Crippen molar-refractivity contribution in [3.8, 4) is 11.4 Å². The van der Waals surface area contributed by atoms with Gasteiger partial charge in [-0.1, -0.05) is 0 Å². The predicted octanol–water partition coefficient (Wildman–Crippen LogP) is 2.88. The van der Waals surface area contributed by atoms with Crippen molar-refractivity contribution in [1.29, 1.82) is 0 Å². The molecule has 0 unspecified atom stereocenters. The van der Waals surface area contributed by atoms with Crippen LogP contribution in [-0.4, -0.2) is 34.6 Å². The van der Waals surface area contributed by atoms with Crippen LogP contribution in [0.5, 0.6) is 0 Å². The zero-order valence-electron chi connectivity index (χ0n) is 11.6. The third kappa shape index (κ3) is 3.20. The molecule has 19 heavy (non-hydrogen) atoms. The largest absolute Gasteiger partial charge is 0.354 e. The molecule has 0 spiro atoms. The third-order valence-electron chi connectivity index (χ3n) is 2.78. The Labute approximate surface area is 117 Å². The van der Waals surface area contributed by atoms with Crippen molar-refractivity contribution in [1.82, 2.24) is 15.0 Å². The van der Waals surface area contributed by atoms with Gasteiger partial charge in [0.15, 0.2) is 5.82 Å². The zero-order valence-corrected chi connectivity index (χ0v) is 12.4. The van der Waals surface area contributed by atoms with Gasteiger partial charge in [-0.05, 0) is 32.2 Å². The van der Waals surface area contributed by atoms with Crippen LogP contribution in [0, 0.1) is 0 Å². The lowest BCUT2D eigenvalue weighted by atomic mass is 10.3. The normalized spacial score (nSPS) is 10.5. The fourth-order valence-corrected chi connectivity index (χ4v) is 2.40. The van der Waals surface area contributed by atoms with Gasteiger partial charge in [0, 0.05) is 30.6 Å². The molecule has 0 aliphatic heterocycles. The smallest absolute Gasteiger partial charge is 0.230 e. The van der Waals surface area contributed by atoms with E-state index in [9.17, 15) is 0 Å². The van der Waals surface area contributed by atoms with Crippen LogP contribution in [0.15, 0.2) is 16.8 Å². The quantitative estimate of drug-likeness (QED) is 0.880. The molecule has 0 aliphatic rings. The Hall–Kier alpha value is -1.69. The molecule has 0 fully saturated rings. The van der Waals surface area contributed by atoms with Crippen molar-refractivity contribution in [3.05, 3.63) is 16.8 Å². The molecule has 6 heteroatoms. The fraction of sp³-hybridized carbons (Fsp3) is 0.462. The summed E-state index contributed by atoms with van der Waals surface area (Å²) in [6.45, 7) is 8.80. The van der Waals surface area contributed by atoms with Gasteiger partial charge in [-0.15, -0.1) is 0 Å². The highest BCUT2D eigenvalue weighted by Gasteiger charge is 2.12. The SMILES string of the molecule is CCNc1nc(-c2ccsc2)nc(N(CC)CC)n1. The van der Waals surface area contributed by atoms with E-state index in [2.05, 4.69) is 44.4 Å². The van der Waals surface area contributed by atoms with E-state index in [0.29, 0.717) is 5.95 Å². The minimum Gasteiger partial charge on any atom is -0.354 e. The van der Waals surface area contributed by atoms with Gasteiger partial charge in [0.2, 0.25) is 11.9 Å². The van der Waals surface area contributed by atoms with E-state index in [0.717, 1.165) is 37.0 Å². The molecule has 0 atom stereocenters. The lowest BCUT2D eigenvalue weighted by molar-refractivity contribution is 0.814. The van der Waals surface area contributed by atoms with Crippen LogP contribution in [0.4, 0.5) is 11.9 Å². The maximum absolute atomic E-state index is 4.57. The van der Waals surface area contributed by atoms with E-state index < -0.39 is 0 Å². The highest BCUT2D eigenvalue weighted by molar-refractivity contribution is 7.08. The van der Waals surface area contributed by atoms with Crippen LogP contribution < -0.4 is 10.2 Å². The molecule has 5 nitrogen and oxygen atoms in total. The van der Waals surface area contributed by atoms with Gasteiger partial charge in [-0.2, -0.15) is 26.3 Å². The summed E-state index contributed by atoms with van der Waals surface area (Å²) in [5, 5.41) is 7.25. The van der Waals surface area contributed by atoms with Gasteiger partial charge in [-0.25, -0.2) is 0 Å². The Bertz CT molecular complexity index is 508. The number of hydrogen-bond donors (Lipinski definition) is 1. The second kappa shape index (κ2) is 6.47. The standard InChI is InChI=1S/C13H19N5S/c1-4-14-12-15-11(10-7-8-19-9-10)16-13(17-12)18(5-2)6-3/h7-9H,4-6H2,1-3H3,(H,14,15,16,17). The molecule has 2 heterocycles. The number of hydrogen-bond acceptors (Lipinski definition) is 6. The summed E-state index contributed by atoms with van der Waals surface area (Å²) in [5.74, 6) is 2.10. The number of aromatic nitrogens is 3. The summed E-state index contributed by atoms with van der Waals surface area (Å²) in [5.41, 5.74) is 1.04. The molecule has 0 saturated carbocycles. The minimum absolute atomic E-state index is 0.639. The van der Waals surface area contributed by atoms with Crippen molar-refractivity contribution >= 4 is 23.2 Å². The van der Waals surface area contributed by atoms with Gasteiger partial charge >= 0.3 is 0 Å². The average molecular weight is 277 g/mol. The average Bonchev–Trinajstić information content (AvgIpc) is 2.94. The van der Waals surface area contributed by atoms with Crippen LogP contribution in [0.3, 0.4) is 0 Å². The van der Waals surface area contributed by atoms with Crippen LogP contribution in [-0.2, 0) is 0 Å². The van der Waals surface area contributed by atoms with Crippen molar-refractivity contribution in [2.75, 3.05) is 29.9 Å². The number of rotatable bonds is 6. The van der Waals surface area contributed by atoms with Crippen molar-refractivity contribution in [3.63, 3.8) is 0 Å². The van der Waals surface area contributed by atoms with E-state index in [1.807, 2.05) is 18.4 Å². The minimum atomic E-state index is 0.639. The summed E-state index contributed by atoms with van der Waals surface area (Å²) in [6.07, 6.45) is 0. The van der Waals surface area contributed by atoms with Gasteiger partial charge in [0.1, 0.15) is 0 Å². The van der Waals surface area contributed by atoms with E-state index in [4.69, 9.17) is 0 Å².